The van der Waals surface area contributed by atoms with Crippen LogP contribution in [0.1, 0.15) is 12.5 Å². The van der Waals surface area contributed by atoms with Crippen molar-refractivity contribution < 1.29 is 4.79 Å². The van der Waals surface area contributed by atoms with Crippen LogP contribution in [0.25, 0.3) is 6.08 Å². The number of carbonyl (C=O) groups is 1. The Labute approximate surface area is 129 Å². The van der Waals surface area contributed by atoms with Crippen molar-refractivity contribution in [2.24, 2.45) is 0 Å². The van der Waals surface area contributed by atoms with Gasteiger partial charge in [0.25, 0.3) is 0 Å². The van der Waals surface area contributed by atoms with Gasteiger partial charge >= 0.3 is 0 Å². The van der Waals surface area contributed by atoms with Crippen LogP contribution in [-0.4, -0.2) is 48.4 Å². The van der Waals surface area contributed by atoms with Crippen molar-refractivity contribution in [1.82, 2.24) is 9.80 Å². The van der Waals surface area contributed by atoms with Crippen LogP contribution >= 0.6 is 23.2 Å². The second-order valence-electron chi connectivity index (χ2n) is 4.73. The Bertz CT molecular complexity index is 488. The predicted octanol–water partition coefficient (Wildman–Crippen LogP) is 3.17. The van der Waals surface area contributed by atoms with Crippen LogP contribution < -0.4 is 0 Å². The van der Waals surface area contributed by atoms with Gasteiger partial charge in [0.2, 0.25) is 5.91 Å². The zero-order chi connectivity index (χ0) is 14.5. The van der Waals surface area contributed by atoms with E-state index in [1.807, 2.05) is 4.90 Å². The monoisotopic (exact) mass is 312 g/mol. The highest BCUT2D eigenvalue weighted by atomic mass is 35.5. The number of benzene rings is 1. The largest absolute Gasteiger partial charge is 0.337 e. The normalized spacial score (nSPS) is 16.9. The maximum atomic E-state index is 12.1. The molecule has 1 aliphatic heterocycles. The van der Waals surface area contributed by atoms with E-state index in [0.29, 0.717) is 15.6 Å². The molecule has 0 aliphatic carbocycles. The quantitative estimate of drug-likeness (QED) is 0.800. The van der Waals surface area contributed by atoms with Crippen molar-refractivity contribution in [3.8, 4) is 0 Å². The SMILES string of the molecule is CCN1CCN(C(=O)C=Cc2c(Cl)cccc2Cl)CC1. The number of amides is 1. The number of hydrogen-bond acceptors (Lipinski definition) is 2. The third kappa shape index (κ3) is 3.75. The smallest absolute Gasteiger partial charge is 0.246 e. The van der Waals surface area contributed by atoms with Crippen LogP contribution in [0.3, 0.4) is 0 Å². The van der Waals surface area contributed by atoms with Gasteiger partial charge in [-0.3, -0.25) is 4.79 Å². The fourth-order valence-electron chi connectivity index (χ4n) is 2.21. The maximum Gasteiger partial charge on any atom is 0.246 e. The summed E-state index contributed by atoms with van der Waals surface area (Å²) in [6.07, 6.45) is 3.24. The molecule has 1 aromatic rings. The van der Waals surface area contributed by atoms with E-state index in [4.69, 9.17) is 23.2 Å². The molecule has 0 N–H and O–H groups in total. The minimum absolute atomic E-state index is 0.0109. The van der Waals surface area contributed by atoms with Crippen molar-refractivity contribution in [2.45, 2.75) is 6.92 Å². The minimum Gasteiger partial charge on any atom is -0.337 e. The van der Waals surface area contributed by atoms with E-state index < -0.39 is 0 Å². The highest BCUT2D eigenvalue weighted by molar-refractivity contribution is 6.37. The fourth-order valence-corrected chi connectivity index (χ4v) is 2.74. The summed E-state index contributed by atoms with van der Waals surface area (Å²) in [5.41, 5.74) is 0.691. The summed E-state index contributed by atoms with van der Waals surface area (Å²) in [7, 11) is 0. The molecule has 20 heavy (non-hydrogen) atoms. The van der Waals surface area contributed by atoms with Gasteiger partial charge in [-0.1, -0.05) is 36.2 Å². The molecule has 0 saturated carbocycles. The molecule has 0 spiro atoms. The Hall–Kier alpha value is -1.03. The Morgan fingerprint density at radius 3 is 2.35 bits per heavy atom. The van der Waals surface area contributed by atoms with Gasteiger partial charge in [0.05, 0.1) is 0 Å². The lowest BCUT2D eigenvalue weighted by Crippen LogP contribution is -2.48. The lowest BCUT2D eigenvalue weighted by molar-refractivity contribution is -0.127. The van der Waals surface area contributed by atoms with Gasteiger partial charge in [-0.05, 0) is 24.8 Å². The standard InChI is InChI=1S/C15H18Cl2N2O/c1-2-18-8-10-19(11-9-18)15(20)7-6-12-13(16)4-3-5-14(12)17/h3-7H,2,8-11H2,1H3. The van der Waals surface area contributed by atoms with Crippen molar-refractivity contribution in [3.63, 3.8) is 0 Å². The van der Waals surface area contributed by atoms with E-state index in [1.165, 1.54) is 0 Å². The molecule has 5 heteroatoms. The molecule has 1 aliphatic rings. The van der Waals surface area contributed by atoms with E-state index in [1.54, 1.807) is 30.4 Å². The molecule has 108 valence electrons. The summed E-state index contributed by atoms with van der Waals surface area (Å²) >= 11 is 12.1. The van der Waals surface area contributed by atoms with Crippen LogP contribution in [0.5, 0.6) is 0 Å². The second-order valence-corrected chi connectivity index (χ2v) is 5.54. The Balaban J connectivity index is 2.00. The molecular weight excluding hydrogens is 295 g/mol. The van der Waals surface area contributed by atoms with Gasteiger partial charge in [0.15, 0.2) is 0 Å². The first kappa shape index (κ1) is 15.4. The molecule has 1 fully saturated rings. The van der Waals surface area contributed by atoms with Crippen LogP contribution in [0.15, 0.2) is 24.3 Å². The fraction of sp³-hybridized carbons (Fsp3) is 0.400. The first-order valence-electron chi connectivity index (χ1n) is 6.75. The molecule has 1 heterocycles. The Morgan fingerprint density at radius 1 is 1.20 bits per heavy atom. The number of carbonyl (C=O) groups excluding carboxylic acids is 1. The number of likely N-dealkylation sites (N-methyl/N-ethyl adjacent to an activating group) is 1. The molecule has 1 amide bonds. The molecule has 1 saturated heterocycles. The molecule has 0 unspecified atom stereocenters. The number of rotatable bonds is 3. The van der Waals surface area contributed by atoms with Crippen LogP contribution in [0.4, 0.5) is 0 Å². The Kier molecular flexibility index (Phi) is 5.46. The number of halogens is 2. The van der Waals surface area contributed by atoms with Crippen molar-refractivity contribution in [2.75, 3.05) is 32.7 Å². The molecule has 0 atom stereocenters. The number of piperazine rings is 1. The van der Waals surface area contributed by atoms with Gasteiger partial charge < -0.3 is 9.80 Å². The first-order chi connectivity index (χ1) is 9.61. The zero-order valence-corrected chi connectivity index (χ0v) is 13.0. The summed E-state index contributed by atoms with van der Waals surface area (Å²) in [6, 6.07) is 5.31. The van der Waals surface area contributed by atoms with Crippen molar-refractivity contribution >= 4 is 35.2 Å². The molecule has 0 aromatic heterocycles. The number of nitrogens with zero attached hydrogens (tertiary/aromatic N) is 2. The lowest BCUT2D eigenvalue weighted by Gasteiger charge is -2.33. The highest BCUT2D eigenvalue weighted by Gasteiger charge is 2.18. The minimum atomic E-state index is 0.0109. The number of hydrogen-bond donors (Lipinski definition) is 0. The topological polar surface area (TPSA) is 23.6 Å². The van der Waals surface area contributed by atoms with Crippen molar-refractivity contribution in [1.29, 1.82) is 0 Å². The molecule has 3 nitrogen and oxygen atoms in total. The van der Waals surface area contributed by atoms with E-state index in [2.05, 4.69) is 11.8 Å². The van der Waals surface area contributed by atoms with E-state index in [0.717, 1.165) is 32.7 Å². The second kappa shape index (κ2) is 7.11. The van der Waals surface area contributed by atoms with E-state index in [9.17, 15) is 4.79 Å². The summed E-state index contributed by atoms with van der Waals surface area (Å²) < 4.78 is 0. The van der Waals surface area contributed by atoms with Gasteiger partial charge in [0, 0.05) is 47.9 Å². The van der Waals surface area contributed by atoms with Gasteiger partial charge in [0.1, 0.15) is 0 Å². The summed E-state index contributed by atoms with van der Waals surface area (Å²) in [6.45, 7) is 6.58. The first-order valence-corrected chi connectivity index (χ1v) is 7.50. The lowest BCUT2D eigenvalue weighted by atomic mass is 10.2. The summed E-state index contributed by atoms with van der Waals surface area (Å²) in [4.78, 5) is 16.3. The van der Waals surface area contributed by atoms with Crippen LogP contribution in [-0.2, 0) is 4.79 Å². The highest BCUT2D eigenvalue weighted by Crippen LogP contribution is 2.25. The third-order valence-corrected chi connectivity index (χ3v) is 4.18. The van der Waals surface area contributed by atoms with Crippen LogP contribution in [0, 0.1) is 0 Å². The molecular formula is C15H18Cl2N2O. The zero-order valence-electron chi connectivity index (χ0n) is 11.5. The van der Waals surface area contributed by atoms with Crippen LogP contribution in [0.2, 0.25) is 10.0 Å². The average molecular weight is 313 g/mol. The third-order valence-electron chi connectivity index (χ3n) is 3.52. The molecule has 0 radical (unpaired) electrons. The van der Waals surface area contributed by atoms with Crippen molar-refractivity contribution in [3.05, 3.63) is 39.9 Å². The predicted molar refractivity (Wildman–Crippen MR) is 84.2 cm³/mol. The average Bonchev–Trinajstić information content (AvgIpc) is 2.46. The summed E-state index contributed by atoms with van der Waals surface area (Å²) in [5, 5.41) is 1.11. The van der Waals surface area contributed by atoms with Gasteiger partial charge in [-0.25, -0.2) is 0 Å². The molecule has 1 aromatic carbocycles. The van der Waals surface area contributed by atoms with Gasteiger partial charge in [-0.15, -0.1) is 0 Å². The van der Waals surface area contributed by atoms with E-state index in [-0.39, 0.29) is 5.91 Å². The maximum absolute atomic E-state index is 12.1. The Morgan fingerprint density at radius 2 is 1.80 bits per heavy atom. The van der Waals surface area contributed by atoms with Gasteiger partial charge in [-0.2, -0.15) is 0 Å². The van der Waals surface area contributed by atoms with E-state index >= 15 is 0 Å². The molecule has 0 bridgehead atoms. The molecule has 2 rings (SSSR count). The summed E-state index contributed by atoms with van der Waals surface area (Å²) in [5.74, 6) is 0.0109.